The predicted molar refractivity (Wildman–Crippen MR) is 87.9 cm³/mol. The molecule has 3 rings (SSSR count). The van der Waals surface area contributed by atoms with Crippen LogP contribution in [0.2, 0.25) is 0 Å². The Morgan fingerprint density at radius 3 is 2.52 bits per heavy atom. The largest absolute Gasteiger partial charge is 0.314 e. The predicted octanol–water partition coefficient (Wildman–Crippen LogP) is 3.43. The molecule has 1 unspecified atom stereocenters. The van der Waals surface area contributed by atoms with Gasteiger partial charge < -0.3 is 10.2 Å². The molecule has 0 radical (unpaired) electrons. The van der Waals surface area contributed by atoms with Gasteiger partial charge in [-0.1, -0.05) is 45.0 Å². The second kappa shape index (κ2) is 5.49. The number of carbonyl (C=O) groups excluding carboxylic acids is 1. The van der Waals surface area contributed by atoms with Crippen LogP contribution >= 0.6 is 0 Å². The van der Waals surface area contributed by atoms with Crippen LogP contribution in [-0.4, -0.2) is 25.0 Å². The minimum Gasteiger partial charge on any atom is -0.314 e. The number of hydrogen-bond donors (Lipinski definition) is 1. The van der Waals surface area contributed by atoms with Gasteiger partial charge in [-0.2, -0.15) is 0 Å². The van der Waals surface area contributed by atoms with E-state index in [2.05, 4.69) is 44.3 Å². The van der Waals surface area contributed by atoms with Gasteiger partial charge >= 0.3 is 0 Å². The zero-order valence-corrected chi connectivity index (χ0v) is 12.9. The monoisotopic (exact) mass is 282 g/mol. The van der Waals surface area contributed by atoms with Crippen LogP contribution in [0.5, 0.6) is 0 Å². The molecule has 1 amide bonds. The normalized spacial score (nSPS) is 15.2. The first-order chi connectivity index (χ1) is 10.1. The van der Waals surface area contributed by atoms with Crippen LogP contribution in [0.25, 0.3) is 10.8 Å². The number of nitrogens with one attached hydrogen (secondary N) is 1. The summed E-state index contributed by atoms with van der Waals surface area (Å²) in [5.74, 6) is 0.555. The molecule has 0 spiro atoms. The lowest BCUT2D eigenvalue weighted by molar-refractivity contribution is 0.0989. The fraction of sp³-hybridized carbons (Fsp3) is 0.389. The van der Waals surface area contributed by atoms with Crippen molar-refractivity contribution in [2.75, 3.05) is 18.0 Å². The maximum atomic E-state index is 12.7. The molecule has 0 fully saturated rings. The summed E-state index contributed by atoms with van der Waals surface area (Å²) in [6, 6.07) is 12.6. The zero-order valence-electron chi connectivity index (χ0n) is 12.9. The van der Waals surface area contributed by atoms with Gasteiger partial charge in [-0.15, -0.1) is 0 Å². The summed E-state index contributed by atoms with van der Waals surface area (Å²) in [5.41, 5.74) is 1.90. The van der Waals surface area contributed by atoms with Crippen LogP contribution in [0.4, 0.5) is 5.69 Å². The highest BCUT2D eigenvalue weighted by Gasteiger charge is 2.30. The number of amides is 1. The van der Waals surface area contributed by atoms with Crippen molar-refractivity contribution in [1.82, 2.24) is 5.32 Å². The van der Waals surface area contributed by atoms with Gasteiger partial charge in [-0.05, 0) is 30.0 Å². The maximum absolute atomic E-state index is 12.7. The molecule has 0 saturated heterocycles. The Balaban J connectivity index is 1.86. The van der Waals surface area contributed by atoms with Crippen LogP contribution < -0.4 is 10.2 Å². The molecular formula is C18H22N2O. The summed E-state index contributed by atoms with van der Waals surface area (Å²) < 4.78 is 0. The maximum Gasteiger partial charge on any atom is 0.259 e. The summed E-state index contributed by atoms with van der Waals surface area (Å²) in [5, 5.41) is 5.69. The minimum absolute atomic E-state index is 0.137. The molecule has 0 bridgehead atoms. The van der Waals surface area contributed by atoms with E-state index in [4.69, 9.17) is 0 Å². The van der Waals surface area contributed by atoms with Gasteiger partial charge in [-0.3, -0.25) is 4.79 Å². The van der Waals surface area contributed by atoms with Crippen molar-refractivity contribution in [3.8, 4) is 0 Å². The number of benzene rings is 2. The third-order valence-corrected chi connectivity index (χ3v) is 4.02. The Morgan fingerprint density at radius 2 is 1.81 bits per heavy atom. The summed E-state index contributed by atoms with van der Waals surface area (Å²) in [7, 11) is 0. The molecule has 3 nitrogen and oxygen atoms in total. The van der Waals surface area contributed by atoms with E-state index >= 15 is 0 Å². The standard InChI is InChI=1S/C18H22N2O/c1-12(2)19-10-13(3)11-20-16-9-5-7-14-6-4-8-15(17(14)16)18(20)21/h4-9,12-13,19H,10-11H2,1-3H3. The first-order valence-electron chi connectivity index (χ1n) is 7.65. The number of rotatable bonds is 5. The van der Waals surface area contributed by atoms with Crippen molar-refractivity contribution in [3.05, 3.63) is 42.0 Å². The van der Waals surface area contributed by atoms with Crippen LogP contribution in [0.1, 0.15) is 31.1 Å². The summed E-state index contributed by atoms with van der Waals surface area (Å²) in [6.45, 7) is 8.15. The summed E-state index contributed by atoms with van der Waals surface area (Å²) >= 11 is 0. The average Bonchev–Trinajstić information content (AvgIpc) is 2.73. The lowest BCUT2D eigenvalue weighted by Gasteiger charge is -2.23. The van der Waals surface area contributed by atoms with Gasteiger partial charge in [0.1, 0.15) is 0 Å². The van der Waals surface area contributed by atoms with Crippen LogP contribution in [0, 0.1) is 5.92 Å². The van der Waals surface area contributed by atoms with E-state index in [-0.39, 0.29) is 5.91 Å². The number of nitrogens with zero attached hydrogens (tertiary/aromatic N) is 1. The molecule has 1 aliphatic heterocycles. The molecule has 2 aromatic rings. The highest BCUT2D eigenvalue weighted by atomic mass is 16.2. The van der Waals surface area contributed by atoms with E-state index in [1.165, 1.54) is 0 Å². The number of hydrogen-bond acceptors (Lipinski definition) is 2. The number of carbonyl (C=O) groups is 1. The summed E-state index contributed by atoms with van der Waals surface area (Å²) in [4.78, 5) is 14.6. The third-order valence-electron chi connectivity index (χ3n) is 4.02. The van der Waals surface area contributed by atoms with Gasteiger partial charge in [0, 0.05) is 23.5 Å². The molecular weight excluding hydrogens is 260 g/mol. The van der Waals surface area contributed by atoms with Gasteiger partial charge in [0.05, 0.1) is 5.69 Å². The topological polar surface area (TPSA) is 32.3 Å². The van der Waals surface area contributed by atoms with Crippen LogP contribution in [0.3, 0.4) is 0 Å². The molecule has 0 aliphatic carbocycles. The van der Waals surface area contributed by atoms with E-state index in [1.54, 1.807) is 0 Å². The lowest BCUT2D eigenvalue weighted by atomic mass is 10.1. The fourth-order valence-electron chi connectivity index (χ4n) is 2.97. The molecule has 1 aliphatic rings. The van der Waals surface area contributed by atoms with Crippen molar-refractivity contribution < 1.29 is 4.79 Å². The Kier molecular flexibility index (Phi) is 3.68. The smallest absolute Gasteiger partial charge is 0.259 e. The first kappa shape index (κ1) is 14.1. The van der Waals surface area contributed by atoms with E-state index in [0.29, 0.717) is 12.0 Å². The van der Waals surface area contributed by atoms with Gasteiger partial charge in [0.2, 0.25) is 0 Å². The Hall–Kier alpha value is -1.87. The van der Waals surface area contributed by atoms with Gasteiger partial charge in [-0.25, -0.2) is 0 Å². The zero-order chi connectivity index (χ0) is 15.0. The Morgan fingerprint density at radius 1 is 1.10 bits per heavy atom. The van der Waals surface area contributed by atoms with Gasteiger partial charge in [0.25, 0.3) is 5.91 Å². The molecule has 3 heteroatoms. The second-order valence-electron chi connectivity index (χ2n) is 6.26. The van der Waals surface area contributed by atoms with E-state index < -0.39 is 0 Å². The van der Waals surface area contributed by atoms with Crippen molar-refractivity contribution in [2.45, 2.75) is 26.8 Å². The van der Waals surface area contributed by atoms with Crippen molar-refractivity contribution in [1.29, 1.82) is 0 Å². The van der Waals surface area contributed by atoms with Crippen molar-refractivity contribution >= 4 is 22.4 Å². The molecule has 2 aromatic carbocycles. The lowest BCUT2D eigenvalue weighted by Crippen LogP contribution is -2.37. The van der Waals surface area contributed by atoms with E-state index in [1.807, 2.05) is 23.1 Å². The van der Waals surface area contributed by atoms with Crippen molar-refractivity contribution in [2.24, 2.45) is 5.92 Å². The molecule has 1 heterocycles. The quantitative estimate of drug-likeness (QED) is 0.911. The SMILES string of the molecule is CC(CNC(C)C)CN1C(=O)c2cccc3cccc1c23. The number of anilines is 1. The highest BCUT2D eigenvalue weighted by molar-refractivity contribution is 6.24. The Bertz CT molecular complexity index is 673. The van der Waals surface area contributed by atoms with E-state index in [9.17, 15) is 4.79 Å². The van der Waals surface area contributed by atoms with Crippen LogP contribution in [0.15, 0.2) is 36.4 Å². The molecule has 21 heavy (non-hydrogen) atoms. The fourth-order valence-corrected chi connectivity index (χ4v) is 2.97. The van der Waals surface area contributed by atoms with E-state index in [0.717, 1.165) is 35.1 Å². The first-order valence-corrected chi connectivity index (χ1v) is 7.65. The summed E-state index contributed by atoms with van der Waals surface area (Å²) in [6.07, 6.45) is 0. The van der Waals surface area contributed by atoms with Crippen LogP contribution in [-0.2, 0) is 0 Å². The molecule has 110 valence electrons. The molecule has 1 N–H and O–H groups in total. The minimum atomic E-state index is 0.137. The molecule has 0 saturated carbocycles. The average molecular weight is 282 g/mol. The Labute approximate surface area is 125 Å². The second-order valence-corrected chi connectivity index (χ2v) is 6.26. The van der Waals surface area contributed by atoms with Gasteiger partial charge in [0.15, 0.2) is 0 Å². The van der Waals surface area contributed by atoms with Crippen molar-refractivity contribution in [3.63, 3.8) is 0 Å². The molecule has 0 aromatic heterocycles. The molecule has 1 atom stereocenters. The highest BCUT2D eigenvalue weighted by Crippen LogP contribution is 2.37. The third kappa shape index (κ3) is 2.54.